The average Bonchev–Trinajstić information content (AvgIpc) is 2.81. The predicted octanol–water partition coefficient (Wildman–Crippen LogP) is 3.56. The van der Waals surface area contributed by atoms with Crippen molar-refractivity contribution in [3.63, 3.8) is 0 Å². The summed E-state index contributed by atoms with van der Waals surface area (Å²) in [6.45, 7) is 1.97. The van der Waals surface area contributed by atoms with E-state index in [9.17, 15) is 0 Å². The summed E-state index contributed by atoms with van der Waals surface area (Å²) in [5.41, 5.74) is 6.65. The molecular weight excluding hydrogens is 305 g/mol. The van der Waals surface area contributed by atoms with Crippen LogP contribution in [0.1, 0.15) is 25.3 Å². The van der Waals surface area contributed by atoms with E-state index in [0.717, 1.165) is 16.5 Å². The fourth-order valence-corrected chi connectivity index (χ4v) is 1.81. The van der Waals surface area contributed by atoms with Crippen molar-refractivity contribution in [2.45, 2.75) is 19.4 Å². The lowest BCUT2D eigenvalue weighted by molar-refractivity contribution is 0.352. The molecule has 90 valence electrons. The van der Waals surface area contributed by atoms with Crippen LogP contribution in [-0.2, 0) is 0 Å². The summed E-state index contributed by atoms with van der Waals surface area (Å²) < 4.78 is 5.90. The fraction of sp³-hybridized carbons (Fsp3) is 0.273. The first-order valence-corrected chi connectivity index (χ1v) is 6.33. The second-order valence-electron chi connectivity index (χ2n) is 3.60. The molecule has 0 radical (unpaired) electrons. The monoisotopic (exact) mass is 315 g/mol. The largest absolute Gasteiger partial charge is 0.337 e. The van der Waals surface area contributed by atoms with Crippen LogP contribution in [0.4, 0.5) is 0 Å². The van der Waals surface area contributed by atoms with Crippen LogP contribution in [0.15, 0.2) is 27.2 Å². The Morgan fingerprint density at radius 3 is 2.94 bits per heavy atom. The van der Waals surface area contributed by atoms with Gasteiger partial charge in [0.2, 0.25) is 11.7 Å². The molecule has 2 aromatic rings. The summed E-state index contributed by atoms with van der Waals surface area (Å²) >= 11 is 9.27. The van der Waals surface area contributed by atoms with E-state index in [1.54, 1.807) is 6.07 Å². The first-order chi connectivity index (χ1) is 8.11. The molecule has 6 heteroatoms. The lowest BCUT2D eigenvalue weighted by Crippen LogP contribution is -2.08. The third-order valence-electron chi connectivity index (χ3n) is 2.38. The third-order valence-corrected chi connectivity index (χ3v) is 3.59. The smallest absolute Gasteiger partial charge is 0.243 e. The van der Waals surface area contributed by atoms with Crippen LogP contribution >= 0.6 is 27.5 Å². The predicted molar refractivity (Wildman–Crippen MR) is 69.7 cm³/mol. The Morgan fingerprint density at radius 2 is 2.29 bits per heavy atom. The van der Waals surface area contributed by atoms with E-state index in [1.807, 2.05) is 19.1 Å². The van der Waals surface area contributed by atoms with Crippen LogP contribution in [0.5, 0.6) is 0 Å². The van der Waals surface area contributed by atoms with Gasteiger partial charge in [-0.2, -0.15) is 4.98 Å². The molecule has 0 fully saturated rings. The van der Waals surface area contributed by atoms with Gasteiger partial charge in [0.05, 0.1) is 11.1 Å². The number of nitrogens with two attached hydrogens (primary N) is 1. The Morgan fingerprint density at radius 1 is 1.53 bits per heavy atom. The fourth-order valence-electron chi connectivity index (χ4n) is 1.31. The highest BCUT2D eigenvalue weighted by atomic mass is 79.9. The van der Waals surface area contributed by atoms with Gasteiger partial charge in [-0.15, -0.1) is 0 Å². The number of nitrogens with zero attached hydrogens (tertiary/aromatic N) is 2. The minimum atomic E-state index is -0.216. The van der Waals surface area contributed by atoms with Gasteiger partial charge < -0.3 is 10.3 Å². The van der Waals surface area contributed by atoms with Crippen molar-refractivity contribution in [3.8, 4) is 11.4 Å². The number of hydrogen-bond donors (Lipinski definition) is 1. The molecule has 2 N–H and O–H groups in total. The van der Waals surface area contributed by atoms with Crippen LogP contribution in [0.25, 0.3) is 11.4 Å². The normalized spacial score (nSPS) is 12.7. The van der Waals surface area contributed by atoms with Gasteiger partial charge in [0.25, 0.3) is 0 Å². The number of rotatable bonds is 3. The molecule has 1 heterocycles. The van der Waals surface area contributed by atoms with E-state index in [2.05, 4.69) is 26.1 Å². The highest BCUT2D eigenvalue weighted by Crippen LogP contribution is 2.27. The van der Waals surface area contributed by atoms with Crippen LogP contribution in [0.3, 0.4) is 0 Å². The van der Waals surface area contributed by atoms with Gasteiger partial charge in [-0.3, -0.25) is 0 Å². The van der Waals surface area contributed by atoms with Gasteiger partial charge in [-0.1, -0.05) is 23.7 Å². The van der Waals surface area contributed by atoms with Gasteiger partial charge in [-0.05, 0) is 40.5 Å². The van der Waals surface area contributed by atoms with E-state index >= 15 is 0 Å². The van der Waals surface area contributed by atoms with Gasteiger partial charge in [0, 0.05) is 10.0 Å². The lowest BCUT2D eigenvalue weighted by Gasteiger charge is -1.99. The van der Waals surface area contributed by atoms with E-state index in [1.165, 1.54) is 0 Å². The van der Waals surface area contributed by atoms with Gasteiger partial charge in [-0.25, -0.2) is 0 Å². The molecule has 1 unspecified atom stereocenters. The number of halogens is 2. The van der Waals surface area contributed by atoms with Crippen molar-refractivity contribution < 1.29 is 4.52 Å². The zero-order chi connectivity index (χ0) is 12.4. The van der Waals surface area contributed by atoms with Crippen molar-refractivity contribution in [2.24, 2.45) is 5.73 Å². The maximum Gasteiger partial charge on any atom is 0.243 e. The Kier molecular flexibility index (Phi) is 3.81. The lowest BCUT2D eigenvalue weighted by atomic mass is 10.2. The standard InChI is InChI=1S/C11H11BrClN3O/c1-2-9(14)11-15-10(16-17-11)6-3-4-8(13)7(12)5-6/h3-5,9H,2,14H2,1H3. The summed E-state index contributed by atoms with van der Waals surface area (Å²) in [7, 11) is 0. The van der Waals surface area contributed by atoms with E-state index in [0.29, 0.717) is 16.7 Å². The average molecular weight is 317 g/mol. The number of aromatic nitrogens is 2. The molecule has 0 bridgehead atoms. The summed E-state index contributed by atoms with van der Waals surface area (Å²) in [5.74, 6) is 0.967. The zero-order valence-corrected chi connectivity index (χ0v) is 11.5. The Balaban J connectivity index is 2.33. The Hall–Kier alpha value is -0.910. The van der Waals surface area contributed by atoms with Crippen LogP contribution < -0.4 is 5.73 Å². The van der Waals surface area contributed by atoms with Gasteiger partial charge in [0.1, 0.15) is 0 Å². The molecule has 1 atom stereocenters. The van der Waals surface area contributed by atoms with E-state index in [4.69, 9.17) is 21.9 Å². The molecular formula is C11H11BrClN3O. The third kappa shape index (κ3) is 2.68. The van der Waals surface area contributed by atoms with Gasteiger partial charge in [0.15, 0.2) is 0 Å². The highest BCUT2D eigenvalue weighted by molar-refractivity contribution is 9.10. The van der Waals surface area contributed by atoms with Crippen molar-refractivity contribution in [3.05, 3.63) is 33.6 Å². The molecule has 0 amide bonds. The van der Waals surface area contributed by atoms with Gasteiger partial charge >= 0.3 is 0 Å². The topological polar surface area (TPSA) is 64.9 Å². The van der Waals surface area contributed by atoms with Crippen molar-refractivity contribution in [2.75, 3.05) is 0 Å². The molecule has 1 aromatic heterocycles. The second-order valence-corrected chi connectivity index (χ2v) is 4.86. The minimum absolute atomic E-state index is 0.216. The maximum atomic E-state index is 5.92. The number of hydrogen-bond acceptors (Lipinski definition) is 4. The Labute approximate surface area is 112 Å². The molecule has 0 aliphatic carbocycles. The molecule has 0 aliphatic heterocycles. The van der Waals surface area contributed by atoms with Crippen molar-refractivity contribution in [1.82, 2.24) is 10.1 Å². The van der Waals surface area contributed by atoms with Crippen LogP contribution in [0.2, 0.25) is 5.02 Å². The van der Waals surface area contributed by atoms with Crippen molar-refractivity contribution in [1.29, 1.82) is 0 Å². The molecule has 0 saturated heterocycles. The molecule has 4 nitrogen and oxygen atoms in total. The first-order valence-electron chi connectivity index (χ1n) is 5.16. The first kappa shape index (κ1) is 12.5. The SMILES string of the molecule is CCC(N)c1nc(-c2ccc(Cl)c(Br)c2)no1. The highest BCUT2D eigenvalue weighted by Gasteiger charge is 2.14. The summed E-state index contributed by atoms with van der Waals surface area (Å²) in [6.07, 6.45) is 0.756. The second kappa shape index (κ2) is 5.16. The zero-order valence-electron chi connectivity index (χ0n) is 9.15. The summed E-state index contributed by atoms with van der Waals surface area (Å²) in [5, 5.41) is 4.54. The van der Waals surface area contributed by atoms with Crippen molar-refractivity contribution >= 4 is 27.5 Å². The molecule has 0 aliphatic rings. The molecule has 0 spiro atoms. The Bertz CT molecular complexity index is 529. The minimum Gasteiger partial charge on any atom is -0.337 e. The molecule has 17 heavy (non-hydrogen) atoms. The van der Waals surface area contributed by atoms with E-state index in [-0.39, 0.29) is 6.04 Å². The summed E-state index contributed by atoms with van der Waals surface area (Å²) in [4.78, 5) is 4.26. The van der Waals surface area contributed by atoms with Crippen LogP contribution in [0, 0.1) is 0 Å². The quantitative estimate of drug-likeness (QED) is 0.940. The van der Waals surface area contributed by atoms with E-state index < -0.39 is 0 Å². The van der Waals surface area contributed by atoms with Crippen LogP contribution in [-0.4, -0.2) is 10.1 Å². The molecule has 0 saturated carbocycles. The molecule has 2 rings (SSSR count). The summed E-state index contributed by atoms with van der Waals surface area (Å²) in [6, 6.07) is 5.23. The number of benzene rings is 1. The maximum absolute atomic E-state index is 5.92. The molecule has 1 aromatic carbocycles.